The van der Waals surface area contributed by atoms with E-state index in [4.69, 9.17) is 13.7 Å². The van der Waals surface area contributed by atoms with E-state index >= 15 is 0 Å². The summed E-state index contributed by atoms with van der Waals surface area (Å²) in [6.07, 6.45) is 2.96. The molecule has 0 aliphatic heterocycles. The lowest BCUT2D eigenvalue weighted by molar-refractivity contribution is 0.0601. The van der Waals surface area contributed by atoms with E-state index in [0.717, 1.165) is 22.7 Å². The topological polar surface area (TPSA) is 83.8 Å². The summed E-state index contributed by atoms with van der Waals surface area (Å²) in [6, 6.07) is 14.5. The largest absolute Gasteiger partial charge is 0.492 e. The summed E-state index contributed by atoms with van der Waals surface area (Å²) < 4.78 is 39.3. The van der Waals surface area contributed by atoms with Crippen molar-refractivity contribution < 1.29 is 26.9 Å². The Morgan fingerprint density at radius 2 is 1.82 bits per heavy atom. The first-order valence-corrected chi connectivity index (χ1v) is 10.4. The molecule has 7 nitrogen and oxygen atoms in total. The molecule has 0 amide bonds. The number of aromatic nitrogens is 1. The second-order valence-electron chi connectivity index (χ2n) is 6.23. The number of benzene rings is 2. The highest BCUT2D eigenvalue weighted by Crippen LogP contribution is 2.19. The average Bonchev–Trinajstić information content (AvgIpc) is 3.08. The first-order chi connectivity index (χ1) is 13.4. The Balaban J connectivity index is 1.59. The zero-order chi connectivity index (χ0) is 20.1. The van der Waals surface area contributed by atoms with E-state index in [1.54, 1.807) is 36.4 Å². The molecular formula is C20H21NO6S. The van der Waals surface area contributed by atoms with Crippen molar-refractivity contribution in [1.82, 2.24) is 4.57 Å². The molecule has 0 saturated heterocycles. The van der Waals surface area contributed by atoms with E-state index in [1.165, 1.54) is 7.11 Å². The number of ether oxygens (including phenoxy) is 2. The fourth-order valence-corrected chi connectivity index (χ4v) is 3.09. The molecule has 28 heavy (non-hydrogen) atoms. The molecule has 8 heteroatoms. The standard InChI is InChI=1S/C20H21NO6S/c1-25-20(22)17-6-5-16-9-10-21(19(16)13-17)11-12-26-18-7-3-15(4-8-18)14-27-28(2,23)24/h3-10,13H,11-12,14H2,1-2H3. The van der Waals surface area contributed by atoms with Crippen molar-refractivity contribution in [1.29, 1.82) is 0 Å². The highest BCUT2D eigenvalue weighted by atomic mass is 32.2. The summed E-state index contributed by atoms with van der Waals surface area (Å²) in [4.78, 5) is 11.7. The smallest absolute Gasteiger partial charge is 0.337 e. The first kappa shape index (κ1) is 19.9. The number of hydrogen-bond acceptors (Lipinski definition) is 6. The van der Waals surface area contributed by atoms with Crippen LogP contribution in [0.4, 0.5) is 0 Å². The van der Waals surface area contributed by atoms with Gasteiger partial charge < -0.3 is 14.0 Å². The third kappa shape index (κ3) is 5.11. The van der Waals surface area contributed by atoms with Crippen molar-refractivity contribution in [3.05, 3.63) is 65.9 Å². The highest BCUT2D eigenvalue weighted by molar-refractivity contribution is 7.85. The summed E-state index contributed by atoms with van der Waals surface area (Å²) >= 11 is 0. The SMILES string of the molecule is COC(=O)c1ccc2ccn(CCOc3ccc(COS(C)(=O)=O)cc3)c2c1. The third-order valence-corrected chi connectivity index (χ3v) is 4.70. The van der Waals surface area contributed by atoms with Crippen LogP contribution >= 0.6 is 0 Å². The van der Waals surface area contributed by atoms with Crippen molar-refractivity contribution in [3.63, 3.8) is 0 Å². The fourth-order valence-electron chi connectivity index (χ4n) is 2.74. The molecule has 1 heterocycles. The number of carbonyl (C=O) groups excluding carboxylic acids is 1. The molecule has 0 radical (unpaired) electrons. The van der Waals surface area contributed by atoms with Gasteiger partial charge in [0, 0.05) is 11.7 Å². The number of methoxy groups -OCH3 is 1. The molecule has 0 unspecified atom stereocenters. The Hall–Kier alpha value is -2.84. The predicted molar refractivity (Wildman–Crippen MR) is 105 cm³/mol. The highest BCUT2D eigenvalue weighted by Gasteiger charge is 2.09. The van der Waals surface area contributed by atoms with Crippen LogP contribution in [0.2, 0.25) is 0 Å². The van der Waals surface area contributed by atoms with Crippen molar-refractivity contribution >= 4 is 27.0 Å². The second-order valence-corrected chi connectivity index (χ2v) is 7.88. The van der Waals surface area contributed by atoms with Gasteiger partial charge in [0.05, 0.1) is 32.1 Å². The minimum atomic E-state index is -3.46. The van der Waals surface area contributed by atoms with Crippen molar-refractivity contribution in [2.45, 2.75) is 13.2 Å². The lowest BCUT2D eigenvalue weighted by Crippen LogP contribution is -2.08. The van der Waals surface area contributed by atoms with Crippen LogP contribution in [0.15, 0.2) is 54.7 Å². The van der Waals surface area contributed by atoms with Gasteiger partial charge in [0.15, 0.2) is 0 Å². The fraction of sp³-hybridized carbons (Fsp3) is 0.250. The molecule has 0 aliphatic rings. The van der Waals surface area contributed by atoms with Gasteiger partial charge in [-0.1, -0.05) is 18.2 Å². The number of fused-ring (bicyclic) bond motifs is 1. The Labute approximate surface area is 163 Å². The number of rotatable bonds is 8. The van der Waals surface area contributed by atoms with Gasteiger partial charge in [0.25, 0.3) is 10.1 Å². The van der Waals surface area contributed by atoms with E-state index in [0.29, 0.717) is 24.5 Å². The second kappa shape index (κ2) is 8.45. The Morgan fingerprint density at radius 1 is 1.07 bits per heavy atom. The average molecular weight is 403 g/mol. The monoisotopic (exact) mass is 403 g/mol. The lowest BCUT2D eigenvalue weighted by Gasteiger charge is -2.10. The van der Waals surface area contributed by atoms with Crippen LogP contribution in [0.5, 0.6) is 5.75 Å². The van der Waals surface area contributed by atoms with Gasteiger partial charge in [-0.15, -0.1) is 0 Å². The van der Waals surface area contributed by atoms with E-state index in [2.05, 4.69) is 0 Å². The van der Waals surface area contributed by atoms with Gasteiger partial charge in [-0.25, -0.2) is 4.79 Å². The molecule has 148 valence electrons. The molecule has 0 N–H and O–H groups in total. The molecule has 0 saturated carbocycles. The Morgan fingerprint density at radius 3 is 2.50 bits per heavy atom. The van der Waals surface area contributed by atoms with Crippen LogP contribution in [-0.4, -0.2) is 38.9 Å². The van der Waals surface area contributed by atoms with E-state index in [9.17, 15) is 13.2 Å². The van der Waals surface area contributed by atoms with Crippen molar-refractivity contribution in [2.24, 2.45) is 0 Å². The van der Waals surface area contributed by atoms with Gasteiger partial charge >= 0.3 is 5.97 Å². The molecule has 0 spiro atoms. The van der Waals surface area contributed by atoms with E-state index < -0.39 is 10.1 Å². The molecule has 2 aromatic carbocycles. The summed E-state index contributed by atoms with van der Waals surface area (Å²) in [5.74, 6) is 0.306. The molecule has 3 aromatic rings. The first-order valence-electron chi connectivity index (χ1n) is 8.59. The zero-order valence-electron chi connectivity index (χ0n) is 15.6. The number of nitrogens with zero attached hydrogens (tertiary/aromatic N) is 1. The maximum absolute atomic E-state index is 11.7. The van der Waals surface area contributed by atoms with Crippen molar-refractivity contribution in [2.75, 3.05) is 20.0 Å². The molecule has 3 rings (SSSR count). The predicted octanol–water partition coefficient (Wildman–Crippen LogP) is 2.98. The molecule has 0 aliphatic carbocycles. The van der Waals surface area contributed by atoms with Crippen LogP contribution in [-0.2, 0) is 32.2 Å². The summed E-state index contributed by atoms with van der Waals surface area (Å²) in [7, 11) is -2.10. The normalized spacial score (nSPS) is 11.5. The summed E-state index contributed by atoms with van der Waals surface area (Å²) in [5, 5.41) is 1.03. The Bertz CT molecular complexity index is 1070. The number of carbonyl (C=O) groups is 1. The van der Waals surface area contributed by atoms with Gasteiger partial charge in [0.1, 0.15) is 12.4 Å². The molecule has 0 atom stereocenters. The van der Waals surface area contributed by atoms with Crippen LogP contribution in [0, 0.1) is 0 Å². The van der Waals surface area contributed by atoms with E-state index in [1.807, 2.05) is 22.9 Å². The maximum atomic E-state index is 11.7. The summed E-state index contributed by atoms with van der Waals surface area (Å²) in [6.45, 7) is 1.04. The zero-order valence-corrected chi connectivity index (χ0v) is 16.4. The van der Waals surface area contributed by atoms with E-state index in [-0.39, 0.29) is 12.6 Å². The van der Waals surface area contributed by atoms with Crippen LogP contribution in [0.25, 0.3) is 10.9 Å². The van der Waals surface area contributed by atoms with Gasteiger partial charge in [0.2, 0.25) is 0 Å². The molecule has 0 fully saturated rings. The lowest BCUT2D eigenvalue weighted by atomic mass is 10.1. The third-order valence-electron chi connectivity index (χ3n) is 4.16. The Kier molecular flexibility index (Phi) is 6.01. The van der Waals surface area contributed by atoms with Crippen LogP contribution in [0.1, 0.15) is 15.9 Å². The molecule has 1 aromatic heterocycles. The summed E-state index contributed by atoms with van der Waals surface area (Å²) in [5.41, 5.74) is 2.17. The van der Waals surface area contributed by atoms with Crippen LogP contribution < -0.4 is 4.74 Å². The molecule has 0 bridgehead atoms. The maximum Gasteiger partial charge on any atom is 0.337 e. The quantitative estimate of drug-likeness (QED) is 0.425. The number of esters is 1. The van der Waals surface area contributed by atoms with Crippen LogP contribution in [0.3, 0.4) is 0 Å². The van der Waals surface area contributed by atoms with Gasteiger partial charge in [-0.2, -0.15) is 8.42 Å². The minimum Gasteiger partial charge on any atom is -0.492 e. The molecular weight excluding hydrogens is 382 g/mol. The number of hydrogen-bond donors (Lipinski definition) is 0. The van der Waals surface area contributed by atoms with Gasteiger partial charge in [-0.3, -0.25) is 4.18 Å². The van der Waals surface area contributed by atoms with Gasteiger partial charge in [-0.05, 0) is 41.3 Å². The van der Waals surface area contributed by atoms with Crippen molar-refractivity contribution in [3.8, 4) is 5.75 Å². The minimum absolute atomic E-state index is 0.00298.